The zero-order valence-electron chi connectivity index (χ0n) is 11.3. The van der Waals surface area contributed by atoms with Gasteiger partial charge in [-0.2, -0.15) is 0 Å². The summed E-state index contributed by atoms with van der Waals surface area (Å²) in [7, 11) is 1.93. The van der Waals surface area contributed by atoms with Crippen LogP contribution in [0.5, 0.6) is 5.75 Å². The van der Waals surface area contributed by atoms with E-state index in [0.29, 0.717) is 6.61 Å². The van der Waals surface area contributed by atoms with Crippen molar-refractivity contribution >= 4 is 27.3 Å². The molecule has 2 aromatic rings. The van der Waals surface area contributed by atoms with E-state index in [4.69, 9.17) is 4.74 Å². The predicted molar refractivity (Wildman–Crippen MR) is 82.8 cm³/mol. The fraction of sp³-hybridized carbons (Fsp3) is 0.357. The third-order valence-corrected chi connectivity index (χ3v) is 3.99. The van der Waals surface area contributed by atoms with E-state index in [1.165, 1.54) is 0 Å². The Morgan fingerprint density at radius 2 is 2.16 bits per heavy atom. The molecule has 0 unspecified atom stereocenters. The Labute approximate surface area is 126 Å². The Morgan fingerprint density at radius 3 is 2.79 bits per heavy atom. The third-order valence-electron chi connectivity index (χ3n) is 2.71. The molecule has 1 aromatic carbocycles. The van der Waals surface area contributed by atoms with E-state index >= 15 is 0 Å². The van der Waals surface area contributed by atoms with Gasteiger partial charge >= 0.3 is 0 Å². The molecule has 0 saturated carbocycles. The van der Waals surface area contributed by atoms with Gasteiger partial charge in [-0.1, -0.05) is 15.9 Å². The highest BCUT2D eigenvalue weighted by atomic mass is 79.9. The molecule has 102 valence electrons. The van der Waals surface area contributed by atoms with Crippen LogP contribution in [0.4, 0.5) is 0 Å². The maximum Gasteiger partial charge on any atom is 0.131 e. The first-order valence-electron chi connectivity index (χ1n) is 6.07. The van der Waals surface area contributed by atoms with Gasteiger partial charge in [-0.15, -0.1) is 11.3 Å². The number of hydrogen-bond donors (Lipinski definition) is 1. The van der Waals surface area contributed by atoms with Gasteiger partial charge in [-0.3, -0.25) is 0 Å². The number of rotatable bonds is 5. The normalized spacial score (nSPS) is 10.7. The highest BCUT2D eigenvalue weighted by Crippen LogP contribution is 2.28. The lowest BCUT2D eigenvalue weighted by Crippen LogP contribution is -2.09. The van der Waals surface area contributed by atoms with Crippen molar-refractivity contribution in [1.29, 1.82) is 0 Å². The molecule has 0 saturated heterocycles. The number of benzene rings is 1. The minimum Gasteiger partial charge on any atom is -0.487 e. The van der Waals surface area contributed by atoms with Crippen molar-refractivity contribution in [3.8, 4) is 5.75 Å². The molecule has 0 aliphatic rings. The molecule has 0 amide bonds. The summed E-state index contributed by atoms with van der Waals surface area (Å²) in [4.78, 5) is 4.42. The zero-order chi connectivity index (χ0) is 13.8. The number of halogens is 1. The van der Waals surface area contributed by atoms with Crippen molar-refractivity contribution in [3.05, 3.63) is 43.8 Å². The molecule has 5 heteroatoms. The number of nitrogens with one attached hydrogen (secondary N) is 1. The molecule has 0 aliphatic carbocycles. The van der Waals surface area contributed by atoms with E-state index in [9.17, 15) is 0 Å². The largest absolute Gasteiger partial charge is 0.487 e. The van der Waals surface area contributed by atoms with Crippen LogP contribution < -0.4 is 10.1 Å². The van der Waals surface area contributed by atoms with Crippen LogP contribution in [0.3, 0.4) is 0 Å². The second-order valence-corrected chi connectivity index (χ2v) is 6.37. The molecular formula is C14H17BrN2OS. The average Bonchev–Trinajstić information content (AvgIpc) is 2.74. The van der Waals surface area contributed by atoms with Gasteiger partial charge in [0.1, 0.15) is 12.4 Å². The SMILES string of the molecule is CNCc1cc(Br)cc(C)c1OCc1csc(C)n1. The molecule has 0 atom stereocenters. The number of aromatic nitrogens is 1. The van der Waals surface area contributed by atoms with Crippen LogP contribution in [0.1, 0.15) is 21.8 Å². The Bertz CT molecular complexity index is 569. The number of ether oxygens (including phenoxy) is 1. The van der Waals surface area contributed by atoms with E-state index in [-0.39, 0.29) is 0 Å². The lowest BCUT2D eigenvalue weighted by Gasteiger charge is -2.14. The smallest absolute Gasteiger partial charge is 0.131 e. The van der Waals surface area contributed by atoms with Gasteiger partial charge in [-0.25, -0.2) is 4.98 Å². The van der Waals surface area contributed by atoms with Crippen molar-refractivity contribution in [3.63, 3.8) is 0 Å². The highest BCUT2D eigenvalue weighted by Gasteiger charge is 2.09. The Balaban J connectivity index is 2.18. The number of thiazole rings is 1. The van der Waals surface area contributed by atoms with Crippen molar-refractivity contribution in [1.82, 2.24) is 10.3 Å². The summed E-state index contributed by atoms with van der Waals surface area (Å²) in [6.07, 6.45) is 0. The molecule has 19 heavy (non-hydrogen) atoms. The van der Waals surface area contributed by atoms with Crippen LogP contribution in [-0.2, 0) is 13.2 Å². The number of nitrogens with zero attached hydrogens (tertiary/aromatic N) is 1. The zero-order valence-corrected chi connectivity index (χ0v) is 13.7. The van der Waals surface area contributed by atoms with Gasteiger partial charge in [0, 0.05) is 22.0 Å². The van der Waals surface area contributed by atoms with Crippen LogP contribution in [0.25, 0.3) is 0 Å². The standard InChI is InChI=1S/C14H17BrN2OS/c1-9-4-12(15)5-11(6-16-3)14(9)18-7-13-8-19-10(2)17-13/h4-5,8,16H,6-7H2,1-3H3. The molecule has 3 nitrogen and oxygen atoms in total. The quantitative estimate of drug-likeness (QED) is 0.898. The van der Waals surface area contributed by atoms with Crippen molar-refractivity contribution in [2.45, 2.75) is 27.0 Å². The van der Waals surface area contributed by atoms with E-state index in [1.54, 1.807) is 11.3 Å². The van der Waals surface area contributed by atoms with Gasteiger partial charge in [0.2, 0.25) is 0 Å². The molecule has 0 radical (unpaired) electrons. The van der Waals surface area contributed by atoms with E-state index in [1.807, 2.05) is 19.4 Å². The number of aryl methyl sites for hydroxylation is 2. The lowest BCUT2D eigenvalue weighted by atomic mass is 10.1. The van der Waals surface area contributed by atoms with Crippen LogP contribution in [0.2, 0.25) is 0 Å². The maximum absolute atomic E-state index is 5.96. The third kappa shape index (κ3) is 3.78. The molecule has 0 spiro atoms. The van der Waals surface area contributed by atoms with Crippen molar-refractivity contribution in [2.75, 3.05) is 7.05 Å². The molecule has 0 aliphatic heterocycles. The predicted octanol–water partition coefficient (Wildman–Crippen LogP) is 3.82. The van der Waals surface area contributed by atoms with Crippen LogP contribution >= 0.6 is 27.3 Å². The summed E-state index contributed by atoms with van der Waals surface area (Å²) >= 11 is 5.17. The van der Waals surface area contributed by atoms with Gasteiger partial charge in [-0.05, 0) is 38.6 Å². The lowest BCUT2D eigenvalue weighted by molar-refractivity contribution is 0.296. The molecule has 1 aromatic heterocycles. The molecular weight excluding hydrogens is 324 g/mol. The first-order chi connectivity index (χ1) is 9.10. The summed E-state index contributed by atoms with van der Waals surface area (Å²) in [6.45, 7) is 5.37. The van der Waals surface area contributed by atoms with Gasteiger partial charge in [0.25, 0.3) is 0 Å². The summed E-state index contributed by atoms with van der Waals surface area (Å²) in [5.74, 6) is 0.947. The first-order valence-corrected chi connectivity index (χ1v) is 7.75. The fourth-order valence-corrected chi connectivity index (χ4v) is 3.17. The van der Waals surface area contributed by atoms with Crippen LogP contribution in [-0.4, -0.2) is 12.0 Å². The topological polar surface area (TPSA) is 34.1 Å². The Hall–Kier alpha value is -0.910. The minimum absolute atomic E-state index is 0.517. The van der Waals surface area contributed by atoms with E-state index < -0.39 is 0 Å². The van der Waals surface area contributed by atoms with Crippen LogP contribution in [0.15, 0.2) is 22.0 Å². The monoisotopic (exact) mass is 340 g/mol. The van der Waals surface area contributed by atoms with Gasteiger partial charge in [0.15, 0.2) is 0 Å². The second-order valence-electron chi connectivity index (χ2n) is 4.39. The molecule has 2 rings (SSSR count). The summed E-state index contributed by atoms with van der Waals surface area (Å²) in [5.41, 5.74) is 3.27. The van der Waals surface area contributed by atoms with E-state index in [0.717, 1.165) is 38.6 Å². The second kappa shape index (κ2) is 6.50. The van der Waals surface area contributed by atoms with Crippen molar-refractivity contribution < 1.29 is 4.74 Å². The van der Waals surface area contributed by atoms with E-state index in [2.05, 4.69) is 45.3 Å². The number of hydrogen-bond acceptors (Lipinski definition) is 4. The van der Waals surface area contributed by atoms with Crippen molar-refractivity contribution in [2.24, 2.45) is 0 Å². The van der Waals surface area contributed by atoms with Gasteiger partial charge < -0.3 is 10.1 Å². The summed E-state index contributed by atoms with van der Waals surface area (Å²) < 4.78 is 7.03. The first kappa shape index (κ1) is 14.5. The summed E-state index contributed by atoms with van der Waals surface area (Å²) in [6, 6.07) is 4.16. The molecule has 0 bridgehead atoms. The summed E-state index contributed by atoms with van der Waals surface area (Å²) in [5, 5.41) is 6.28. The highest BCUT2D eigenvalue weighted by molar-refractivity contribution is 9.10. The minimum atomic E-state index is 0.517. The fourth-order valence-electron chi connectivity index (χ4n) is 1.95. The Kier molecular flexibility index (Phi) is 4.96. The average molecular weight is 341 g/mol. The van der Waals surface area contributed by atoms with Crippen LogP contribution in [0, 0.1) is 13.8 Å². The molecule has 1 heterocycles. The molecule has 1 N–H and O–H groups in total. The maximum atomic E-state index is 5.96. The Morgan fingerprint density at radius 1 is 1.37 bits per heavy atom. The molecule has 0 fully saturated rings. The van der Waals surface area contributed by atoms with Gasteiger partial charge in [0.05, 0.1) is 10.7 Å².